The smallest absolute Gasteiger partial charge is 0.260 e. The quantitative estimate of drug-likeness (QED) is 0.841. The molecule has 7 heteroatoms. The van der Waals surface area contributed by atoms with Crippen LogP contribution in [-0.4, -0.2) is 10.9 Å². The fourth-order valence-corrected chi connectivity index (χ4v) is 2.15. The molecule has 1 amide bonds. The first-order valence-corrected chi connectivity index (χ1v) is 6.33. The molecular formula is C12H8BrFN2O2S. The van der Waals surface area contributed by atoms with Gasteiger partial charge in [0.05, 0.1) is 23.1 Å². The van der Waals surface area contributed by atoms with Gasteiger partial charge < -0.3 is 15.5 Å². The Labute approximate surface area is 121 Å². The summed E-state index contributed by atoms with van der Waals surface area (Å²) in [5, 5.41) is 2.54. The molecule has 0 bridgehead atoms. The second-order valence-corrected chi connectivity index (χ2v) is 4.75. The molecule has 0 saturated heterocycles. The summed E-state index contributed by atoms with van der Waals surface area (Å²) in [5.41, 5.74) is 5.96. The maximum atomic E-state index is 13.6. The molecule has 0 atom stereocenters. The molecule has 0 radical (unpaired) electrons. The lowest BCUT2D eigenvalue weighted by atomic mass is 10.1. The summed E-state index contributed by atoms with van der Waals surface area (Å²) in [6, 6.07) is 5.68. The van der Waals surface area contributed by atoms with Crippen LogP contribution in [0.1, 0.15) is 15.9 Å². The first-order valence-electron chi connectivity index (χ1n) is 5.13. The number of carbonyl (C=O) groups is 1. The molecule has 4 nitrogen and oxygen atoms in total. The Balaban J connectivity index is 2.35. The van der Waals surface area contributed by atoms with E-state index < -0.39 is 11.7 Å². The zero-order valence-corrected chi connectivity index (χ0v) is 11.8. The SMILES string of the molecule is NC(=S)c1c(F)cccc1NC(=O)c1ccoc1Br. The molecule has 0 aliphatic rings. The summed E-state index contributed by atoms with van der Waals surface area (Å²) in [5.74, 6) is -1.04. The zero-order chi connectivity index (χ0) is 14.0. The number of anilines is 1. The van der Waals surface area contributed by atoms with Gasteiger partial charge in [0.2, 0.25) is 0 Å². The van der Waals surface area contributed by atoms with Gasteiger partial charge in [-0.05, 0) is 34.1 Å². The number of rotatable bonds is 3. The Morgan fingerprint density at radius 3 is 2.74 bits per heavy atom. The largest absolute Gasteiger partial charge is 0.457 e. The van der Waals surface area contributed by atoms with E-state index in [4.69, 9.17) is 22.4 Å². The molecule has 0 unspecified atom stereocenters. The highest BCUT2D eigenvalue weighted by molar-refractivity contribution is 9.10. The van der Waals surface area contributed by atoms with Crippen molar-refractivity contribution >= 4 is 44.7 Å². The van der Waals surface area contributed by atoms with Crippen molar-refractivity contribution in [3.63, 3.8) is 0 Å². The van der Waals surface area contributed by atoms with Crippen LogP contribution in [0, 0.1) is 5.82 Å². The molecule has 19 heavy (non-hydrogen) atoms. The molecule has 0 fully saturated rings. The molecule has 3 N–H and O–H groups in total. The predicted molar refractivity (Wildman–Crippen MR) is 76.6 cm³/mol. The highest BCUT2D eigenvalue weighted by atomic mass is 79.9. The minimum Gasteiger partial charge on any atom is -0.457 e. The minimum absolute atomic E-state index is 0.00506. The number of amides is 1. The Kier molecular flexibility index (Phi) is 3.96. The van der Waals surface area contributed by atoms with E-state index in [2.05, 4.69) is 21.2 Å². The minimum atomic E-state index is -0.587. The van der Waals surface area contributed by atoms with Gasteiger partial charge >= 0.3 is 0 Å². The fourth-order valence-electron chi connectivity index (χ4n) is 1.52. The molecule has 2 rings (SSSR count). The van der Waals surface area contributed by atoms with E-state index in [1.807, 2.05) is 0 Å². The van der Waals surface area contributed by atoms with E-state index in [-0.39, 0.29) is 21.8 Å². The number of benzene rings is 1. The first kappa shape index (κ1) is 13.7. The van der Waals surface area contributed by atoms with E-state index in [0.29, 0.717) is 4.67 Å². The van der Waals surface area contributed by atoms with Crippen LogP contribution in [0.25, 0.3) is 0 Å². The van der Waals surface area contributed by atoms with Gasteiger partial charge in [0.25, 0.3) is 5.91 Å². The third-order valence-electron chi connectivity index (χ3n) is 2.37. The van der Waals surface area contributed by atoms with E-state index in [9.17, 15) is 9.18 Å². The van der Waals surface area contributed by atoms with Crippen molar-refractivity contribution in [1.29, 1.82) is 0 Å². The van der Waals surface area contributed by atoms with Crippen molar-refractivity contribution in [2.24, 2.45) is 5.73 Å². The van der Waals surface area contributed by atoms with Gasteiger partial charge in [0.15, 0.2) is 4.67 Å². The van der Waals surface area contributed by atoms with E-state index >= 15 is 0 Å². The second-order valence-electron chi connectivity index (χ2n) is 3.59. The molecule has 0 aliphatic carbocycles. The average molecular weight is 343 g/mol. The van der Waals surface area contributed by atoms with Gasteiger partial charge in [-0.15, -0.1) is 0 Å². The van der Waals surface area contributed by atoms with Crippen LogP contribution >= 0.6 is 28.1 Å². The number of thiocarbonyl (C=S) groups is 1. The van der Waals surface area contributed by atoms with E-state index in [1.54, 1.807) is 0 Å². The Bertz CT molecular complexity index is 657. The molecule has 1 aromatic carbocycles. The Morgan fingerprint density at radius 1 is 1.42 bits per heavy atom. The number of hydrogen-bond acceptors (Lipinski definition) is 3. The Hall–Kier alpha value is -1.73. The standard InChI is InChI=1S/C12H8BrFN2O2S/c13-10-6(4-5-18-10)12(17)16-8-3-1-2-7(14)9(8)11(15)19/h1-5H,(H2,15,19)(H,16,17). The van der Waals surface area contributed by atoms with Crippen molar-refractivity contribution in [3.8, 4) is 0 Å². The van der Waals surface area contributed by atoms with Gasteiger partial charge in [0, 0.05) is 0 Å². The topological polar surface area (TPSA) is 68.3 Å². The van der Waals surface area contributed by atoms with Crippen molar-refractivity contribution in [1.82, 2.24) is 0 Å². The van der Waals surface area contributed by atoms with Crippen LogP contribution in [0.4, 0.5) is 10.1 Å². The molecule has 1 aromatic heterocycles. The number of hydrogen-bond donors (Lipinski definition) is 2. The third-order valence-corrected chi connectivity index (χ3v) is 3.19. The summed E-state index contributed by atoms with van der Waals surface area (Å²) in [4.78, 5) is 11.8. The summed E-state index contributed by atoms with van der Waals surface area (Å²) < 4.78 is 18.9. The average Bonchev–Trinajstić information content (AvgIpc) is 2.75. The second kappa shape index (κ2) is 5.50. The predicted octanol–water partition coefficient (Wildman–Crippen LogP) is 3.07. The fraction of sp³-hybridized carbons (Fsp3) is 0. The molecule has 98 valence electrons. The van der Waals surface area contributed by atoms with Gasteiger partial charge in [-0.2, -0.15) is 0 Å². The van der Waals surface area contributed by atoms with Gasteiger partial charge in [-0.3, -0.25) is 4.79 Å². The van der Waals surface area contributed by atoms with Crippen LogP contribution in [0.5, 0.6) is 0 Å². The van der Waals surface area contributed by atoms with Crippen LogP contribution in [-0.2, 0) is 0 Å². The monoisotopic (exact) mass is 342 g/mol. The first-order chi connectivity index (χ1) is 9.00. The van der Waals surface area contributed by atoms with Crippen LogP contribution in [0.15, 0.2) is 39.6 Å². The molecule has 0 aliphatic heterocycles. The maximum absolute atomic E-state index is 13.6. The summed E-state index contributed by atoms with van der Waals surface area (Å²) in [6.45, 7) is 0. The molecule has 1 heterocycles. The lowest BCUT2D eigenvalue weighted by Gasteiger charge is -2.10. The number of furan rings is 1. The summed E-state index contributed by atoms with van der Waals surface area (Å²) >= 11 is 7.86. The molecule has 0 spiro atoms. The van der Waals surface area contributed by atoms with E-state index in [1.165, 1.54) is 30.5 Å². The van der Waals surface area contributed by atoms with Crippen LogP contribution < -0.4 is 11.1 Å². The van der Waals surface area contributed by atoms with Gasteiger partial charge in [-0.25, -0.2) is 4.39 Å². The van der Waals surface area contributed by atoms with Crippen LogP contribution in [0.2, 0.25) is 0 Å². The van der Waals surface area contributed by atoms with Crippen LogP contribution in [0.3, 0.4) is 0 Å². The highest BCUT2D eigenvalue weighted by Crippen LogP contribution is 2.22. The lowest BCUT2D eigenvalue weighted by Crippen LogP contribution is -2.19. The normalized spacial score (nSPS) is 10.2. The van der Waals surface area contributed by atoms with Crippen molar-refractivity contribution in [2.75, 3.05) is 5.32 Å². The number of carbonyl (C=O) groups excluding carboxylic acids is 1. The lowest BCUT2D eigenvalue weighted by molar-refractivity contribution is 0.102. The van der Waals surface area contributed by atoms with Crippen molar-refractivity contribution in [2.45, 2.75) is 0 Å². The maximum Gasteiger partial charge on any atom is 0.260 e. The van der Waals surface area contributed by atoms with Gasteiger partial charge in [-0.1, -0.05) is 18.3 Å². The number of nitrogens with one attached hydrogen (secondary N) is 1. The van der Waals surface area contributed by atoms with Gasteiger partial charge in [0.1, 0.15) is 10.8 Å². The molecule has 2 aromatic rings. The molecule has 0 saturated carbocycles. The number of nitrogens with two attached hydrogens (primary N) is 1. The zero-order valence-electron chi connectivity index (χ0n) is 9.44. The number of halogens is 2. The Morgan fingerprint density at radius 2 is 2.16 bits per heavy atom. The highest BCUT2D eigenvalue weighted by Gasteiger charge is 2.17. The summed E-state index contributed by atoms with van der Waals surface area (Å²) in [6.07, 6.45) is 1.36. The third kappa shape index (κ3) is 2.82. The van der Waals surface area contributed by atoms with Crippen molar-refractivity contribution in [3.05, 3.63) is 52.1 Å². The molecular weight excluding hydrogens is 335 g/mol. The summed E-state index contributed by atoms with van der Waals surface area (Å²) in [7, 11) is 0. The van der Waals surface area contributed by atoms with E-state index in [0.717, 1.165) is 0 Å². The van der Waals surface area contributed by atoms with Crippen molar-refractivity contribution < 1.29 is 13.6 Å².